The molecule has 1 aliphatic rings. The molecule has 1 amide bonds. The Morgan fingerprint density at radius 2 is 2.24 bits per heavy atom. The average molecular weight is 396 g/mol. The van der Waals surface area contributed by atoms with Gasteiger partial charge in [0.2, 0.25) is 0 Å². The van der Waals surface area contributed by atoms with Crippen LogP contribution in [-0.2, 0) is 0 Å². The van der Waals surface area contributed by atoms with Gasteiger partial charge in [0.15, 0.2) is 5.65 Å². The second kappa shape index (κ2) is 7.94. The Hall–Kier alpha value is -2.74. The number of amides is 1. The Morgan fingerprint density at radius 1 is 1.41 bits per heavy atom. The first-order valence-corrected chi connectivity index (χ1v) is 10.4. The molecule has 29 heavy (non-hydrogen) atoms. The Morgan fingerprint density at radius 3 is 3.00 bits per heavy atom. The maximum absolute atomic E-state index is 13.1. The Labute approximate surface area is 170 Å². The SMILES string of the molecule is CCN1CCC[C@H](NC(=O)c2[nH]nc(-c3cc(C)c4ncnn4c3)c2C(C)C)C1. The molecule has 0 aromatic carbocycles. The fourth-order valence-corrected chi connectivity index (χ4v) is 4.25. The van der Waals surface area contributed by atoms with E-state index < -0.39 is 0 Å². The maximum Gasteiger partial charge on any atom is 0.269 e. The lowest BCUT2D eigenvalue weighted by Crippen LogP contribution is -2.47. The Kier molecular flexibility index (Phi) is 5.36. The van der Waals surface area contributed by atoms with Crippen LogP contribution in [0.4, 0.5) is 0 Å². The molecule has 0 radical (unpaired) electrons. The summed E-state index contributed by atoms with van der Waals surface area (Å²) in [4.78, 5) is 19.7. The molecule has 154 valence electrons. The zero-order valence-electron chi connectivity index (χ0n) is 17.6. The molecule has 3 aromatic heterocycles. The maximum atomic E-state index is 13.1. The summed E-state index contributed by atoms with van der Waals surface area (Å²) in [6.07, 6.45) is 5.59. The van der Waals surface area contributed by atoms with Crippen molar-refractivity contribution in [3.05, 3.63) is 35.4 Å². The Balaban J connectivity index is 1.65. The summed E-state index contributed by atoms with van der Waals surface area (Å²) in [5.74, 6) is 0.0729. The van der Waals surface area contributed by atoms with Gasteiger partial charge in [0.05, 0.1) is 5.69 Å². The summed E-state index contributed by atoms with van der Waals surface area (Å²) in [6.45, 7) is 11.4. The standard InChI is InChI=1S/C21H29N7O/c1-5-27-8-6-7-16(11-27)24-21(29)19-17(13(2)3)18(25-26-19)15-9-14(4)20-22-12-23-28(20)10-15/h9-10,12-13,16H,5-8,11H2,1-4H3,(H,24,29)(H,25,26)/t16-/m0/s1. The zero-order chi connectivity index (χ0) is 20.5. The van der Waals surface area contributed by atoms with Gasteiger partial charge < -0.3 is 10.2 Å². The molecule has 4 heterocycles. The number of likely N-dealkylation sites (N-methyl/N-ethyl adjacent to an activating group) is 1. The molecule has 0 spiro atoms. The molecule has 1 fully saturated rings. The second-order valence-corrected chi connectivity index (χ2v) is 8.16. The zero-order valence-corrected chi connectivity index (χ0v) is 17.6. The normalized spacial score (nSPS) is 17.9. The van der Waals surface area contributed by atoms with E-state index in [0.717, 1.165) is 60.5 Å². The highest BCUT2D eigenvalue weighted by atomic mass is 16.2. The van der Waals surface area contributed by atoms with E-state index in [9.17, 15) is 4.79 Å². The van der Waals surface area contributed by atoms with Gasteiger partial charge >= 0.3 is 0 Å². The lowest BCUT2D eigenvalue weighted by Gasteiger charge is -2.32. The highest BCUT2D eigenvalue weighted by Crippen LogP contribution is 2.31. The van der Waals surface area contributed by atoms with Crippen LogP contribution in [0.15, 0.2) is 18.6 Å². The number of H-pyrrole nitrogens is 1. The van der Waals surface area contributed by atoms with Crippen LogP contribution in [0.25, 0.3) is 16.9 Å². The molecule has 3 aromatic rings. The van der Waals surface area contributed by atoms with Crippen LogP contribution in [-0.4, -0.2) is 61.3 Å². The number of nitrogens with zero attached hydrogens (tertiary/aromatic N) is 5. The summed E-state index contributed by atoms with van der Waals surface area (Å²) in [7, 11) is 0. The van der Waals surface area contributed by atoms with E-state index in [1.165, 1.54) is 0 Å². The van der Waals surface area contributed by atoms with Crippen LogP contribution in [0.5, 0.6) is 0 Å². The molecule has 1 aliphatic heterocycles. The monoisotopic (exact) mass is 395 g/mol. The van der Waals surface area contributed by atoms with Gasteiger partial charge in [-0.3, -0.25) is 9.89 Å². The Bertz CT molecular complexity index is 1020. The van der Waals surface area contributed by atoms with Gasteiger partial charge in [-0.1, -0.05) is 20.8 Å². The molecular formula is C21H29N7O. The van der Waals surface area contributed by atoms with Crippen LogP contribution < -0.4 is 5.32 Å². The number of nitrogens with one attached hydrogen (secondary N) is 2. The van der Waals surface area contributed by atoms with Crippen molar-refractivity contribution in [2.45, 2.75) is 52.5 Å². The minimum Gasteiger partial charge on any atom is -0.347 e. The fraction of sp³-hybridized carbons (Fsp3) is 0.524. The lowest BCUT2D eigenvalue weighted by atomic mass is 9.96. The molecule has 0 bridgehead atoms. The lowest BCUT2D eigenvalue weighted by molar-refractivity contribution is 0.0899. The van der Waals surface area contributed by atoms with Gasteiger partial charge in [-0.15, -0.1) is 0 Å². The first kappa shape index (κ1) is 19.6. The van der Waals surface area contributed by atoms with Crippen molar-refractivity contribution in [3.8, 4) is 11.3 Å². The smallest absolute Gasteiger partial charge is 0.269 e. The van der Waals surface area contributed by atoms with E-state index in [4.69, 9.17) is 0 Å². The first-order valence-electron chi connectivity index (χ1n) is 10.4. The molecule has 8 heteroatoms. The predicted octanol–water partition coefficient (Wildman–Crippen LogP) is 2.77. The first-order chi connectivity index (χ1) is 14.0. The van der Waals surface area contributed by atoms with Crippen molar-refractivity contribution < 1.29 is 4.79 Å². The van der Waals surface area contributed by atoms with Gasteiger partial charge in [-0.05, 0) is 50.4 Å². The number of rotatable bonds is 5. The third kappa shape index (κ3) is 3.76. The predicted molar refractivity (Wildman–Crippen MR) is 112 cm³/mol. The molecule has 1 saturated heterocycles. The van der Waals surface area contributed by atoms with E-state index >= 15 is 0 Å². The third-order valence-corrected chi connectivity index (χ3v) is 5.73. The van der Waals surface area contributed by atoms with Crippen molar-refractivity contribution in [2.24, 2.45) is 0 Å². The number of aryl methyl sites for hydroxylation is 1. The van der Waals surface area contributed by atoms with Crippen molar-refractivity contribution in [1.29, 1.82) is 0 Å². The van der Waals surface area contributed by atoms with Gasteiger partial charge in [-0.2, -0.15) is 10.2 Å². The highest BCUT2D eigenvalue weighted by Gasteiger charge is 2.26. The van der Waals surface area contributed by atoms with Crippen LogP contribution in [0.2, 0.25) is 0 Å². The van der Waals surface area contributed by atoms with E-state index in [-0.39, 0.29) is 17.9 Å². The number of hydrogen-bond acceptors (Lipinski definition) is 5. The number of carbonyl (C=O) groups excluding carboxylic acids is 1. The summed E-state index contributed by atoms with van der Waals surface area (Å²) < 4.78 is 1.75. The van der Waals surface area contributed by atoms with Gasteiger partial charge in [-0.25, -0.2) is 9.50 Å². The van der Waals surface area contributed by atoms with Gasteiger partial charge in [0.25, 0.3) is 5.91 Å². The largest absolute Gasteiger partial charge is 0.347 e. The van der Waals surface area contributed by atoms with Crippen molar-refractivity contribution in [2.75, 3.05) is 19.6 Å². The van der Waals surface area contributed by atoms with E-state index in [0.29, 0.717) is 5.69 Å². The minimum absolute atomic E-state index is 0.0750. The molecule has 0 saturated carbocycles. The number of fused-ring (bicyclic) bond motifs is 1. The molecule has 1 atom stereocenters. The summed E-state index contributed by atoms with van der Waals surface area (Å²) >= 11 is 0. The number of aromatic amines is 1. The summed E-state index contributed by atoms with van der Waals surface area (Å²) in [5, 5.41) is 15.0. The number of pyridine rings is 1. The second-order valence-electron chi connectivity index (χ2n) is 8.16. The average Bonchev–Trinajstić information content (AvgIpc) is 3.35. The third-order valence-electron chi connectivity index (χ3n) is 5.73. The molecule has 0 aliphatic carbocycles. The molecule has 8 nitrogen and oxygen atoms in total. The number of piperidine rings is 1. The van der Waals surface area contributed by atoms with Crippen LogP contribution in [0.3, 0.4) is 0 Å². The van der Waals surface area contributed by atoms with Crippen LogP contribution >= 0.6 is 0 Å². The number of aromatic nitrogens is 5. The topological polar surface area (TPSA) is 91.2 Å². The summed E-state index contributed by atoms with van der Waals surface area (Å²) in [6, 6.07) is 2.23. The number of carbonyl (C=O) groups is 1. The van der Waals surface area contributed by atoms with Crippen molar-refractivity contribution >= 4 is 11.6 Å². The van der Waals surface area contributed by atoms with E-state index in [1.807, 2.05) is 19.2 Å². The molecular weight excluding hydrogens is 366 g/mol. The van der Waals surface area contributed by atoms with Crippen LogP contribution in [0.1, 0.15) is 61.1 Å². The van der Waals surface area contributed by atoms with Crippen molar-refractivity contribution in [3.63, 3.8) is 0 Å². The van der Waals surface area contributed by atoms with Gasteiger partial charge in [0.1, 0.15) is 12.0 Å². The number of likely N-dealkylation sites (tertiary alicyclic amines) is 1. The number of hydrogen-bond donors (Lipinski definition) is 2. The molecule has 4 rings (SSSR count). The fourth-order valence-electron chi connectivity index (χ4n) is 4.25. The van der Waals surface area contributed by atoms with E-state index in [1.54, 1.807) is 10.8 Å². The molecule has 0 unspecified atom stereocenters. The van der Waals surface area contributed by atoms with E-state index in [2.05, 4.69) is 51.3 Å². The minimum atomic E-state index is -0.0750. The highest BCUT2D eigenvalue weighted by molar-refractivity contribution is 5.96. The van der Waals surface area contributed by atoms with Gasteiger partial charge in [0, 0.05) is 29.9 Å². The quantitative estimate of drug-likeness (QED) is 0.693. The van der Waals surface area contributed by atoms with Crippen LogP contribution in [0, 0.1) is 6.92 Å². The van der Waals surface area contributed by atoms with Crippen molar-refractivity contribution in [1.82, 2.24) is 35.0 Å². The molecule has 2 N–H and O–H groups in total. The summed E-state index contributed by atoms with van der Waals surface area (Å²) in [5.41, 5.74) is 5.06.